The van der Waals surface area contributed by atoms with E-state index in [1.807, 2.05) is 13.8 Å². The van der Waals surface area contributed by atoms with Gasteiger partial charge >= 0.3 is 5.97 Å². The summed E-state index contributed by atoms with van der Waals surface area (Å²) in [5.41, 5.74) is -1.49. The Morgan fingerprint density at radius 1 is 1.47 bits per heavy atom. The second-order valence-electron chi connectivity index (χ2n) is 5.45. The van der Waals surface area contributed by atoms with Crippen LogP contribution in [0.3, 0.4) is 0 Å². The molecule has 0 aromatic rings. The molecule has 0 amide bonds. The fraction of sp³-hybridized carbons (Fsp3) is 0.909. The van der Waals surface area contributed by atoms with Crippen molar-refractivity contribution in [3.05, 3.63) is 0 Å². The maximum atomic E-state index is 11.4. The van der Waals surface area contributed by atoms with Crippen LogP contribution < -0.4 is 0 Å². The standard InChI is InChI=1S/C11H20O4/c1-10(2)6(7(10)9(13)15-5)8(12)11(3,4)14/h6-8,12,14H,1-5H3/t6-,7+,8+/m1/s1. The molecule has 15 heavy (non-hydrogen) atoms. The maximum absolute atomic E-state index is 11.4. The van der Waals surface area contributed by atoms with Crippen molar-refractivity contribution in [3.8, 4) is 0 Å². The molecule has 1 rings (SSSR count). The van der Waals surface area contributed by atoms with Crippen LogP contribution in [0.1, 0.15) is 27.7 Å². The molecule has 0 radical (unpaired) electrons. The molecule has 0 aliphatic heterocycles. The number of aliphatic hydroxyl groups excluding tert-OH is 1. The third kappa shape index (κ3) is 2.01. The summed E-state index contributed by atoms with van der Waals surface area (Å²) in [5, 5.41) is 19.6. The Bertz CT molecular complexity index is 264. The second-order valence-corrected chi connectivity index (χ2v) is 5.45. The molecule has 4 nitrogen and oxygen atoms in total. The summed E-state index contributed by atoms with van der Waals surface area (Å²) in [6, 6.07) is 0. The first-order chi connectivity index (χ1) is 6.64. The van der Waals surface area contributed by atoms with Crippen molar-refractivity contribution < 1.29 is 19.7 Å². The van der Waals surface area contributed by atoms with Crippen LogP contribution >= 0.6 is 0 Å². The topological polar surface area (TPSA) is 66.8 Å². The minimum Gasteiger partial charge on any atom is -0.469 e. The first kappa shape index (κ1) is 12.5. The molecule has 88 valence electrons. The maximum Gasteiger partial charge on any atom is 0.309 e. The Kier molecular flexibility index (Phi) is 2.87. The molecule has 1 aliphatic rings. The molecule has 0 aromatic heterocycles. The third-order valence-electron chi connectivity index (χ3n) is 3.43. The highest BCUT2D eigenvalue weighted by atomic mass is 16.5. The van der Waals surface area contributed by atoms with E-state index in [1.54, 1.807) is 13.8 Å². The van der Waals surface area contributed by atoms with Crippen LogP contribution in [0.4, 0.5) is 0 Å². The summed E-state index contributed by atoms with van der Waals surface area (Å²) in [5.74, 6) is -0.859. The molecule has 1 fully saturated rings. The largest absolute Gasteiger partial charge is 0.469 e. The Labute approximate surface area is 90.2 Å². The molecule has 0 unspecified atom stereocenters. The summed E-state index contributed by atoms with van der Waals surface area (Å²) in [4.78, 5) is 11.4. The lowest BCUT2D eigenvalue weighted by atomic mass is 9.93. The van der Waals surface area contributed by atoms with Crippen molar-refractivity contribution in [2.24, 2.45) is 17.3 Å². The fourth-order valence-electron chi connectivity index (χ4n) is 2.28. The minimum absolute atomic E-state index is 0.232. The molecule has 3 atom stereocenters. The van der Waals surface area contributed by atoms with Gasteiger partial charge in [0.15, 0.2) is 0 Å². The molecule has 1 saturated carbocycles. The summed E-state index contributed by atoms with van der Waals surface area (Å²) in [7, 11) is 1.34. The Morgan fingerprint density at radius 2 is 1.93 bits per heavy atom. The zero-order chi connectivity index (χ0) is 12.0. The quantitative estimate of drug-likeness (QED) is 0.677. The van der Waals surface area contributed by atoms with Gasteiger partial charge in [0.25, 0.3) is 0 Å². The monoisotopic (exact) mass is 216 g/mol. The molecule has 0 heterocycles. The first-order valence-electron chi connectivity index (χ1n) is 5.12. The third-order valence-corrected chi connectivity index (χ3v) is 3.43. The van der Waals surface area contributed by atoms with Gasteiger partial charge in [-0.05, 0) is 19.3 Å². The van der Waals surface area contributed by atoms with Gasteiger partial charge in [0.1, 0.15) is 0 Å². The molecule has 0 spiro atoms. The van der Waals surface area contributed by atoms with E-state index in [0.717, 1.165) is 0 Å². The normalized spacial score (nSPS) is 30.9. The van der Waals surface area contributed by atoms with Crippen molar-refractivity contribution in [1.82, 2.24) is 0 Å². The lowest BCUT2D eigenvalue weighted by Gasteiger charge is -2.25. The first-order valence-corrected chi connectivity index (χ1v) is 5.12. The van der Waals surface area contributed by atoms with Crippen molar-refractivity contribution in [2.75, 3.05) is 7.11 Å². The molecule has 0 aromatic carbocycles. The van der Waals surface area contributed by atoms with Gasteiger partial charge in [-0.15, -0.1) is 0 Å². The molecule has 0 bridgehead atoms. The van der Waals surface area contributed by atoms with Crippen LogP contribution in [0.15, 0.2) is 0 Å². The van der Waals surface area contributed by atoms with Gasteiger partial charge in [-0.2, -0.15) is 0 Å². The van der Waals surface area contributed by atoms with Gasteiger partial charge < -0.3 is 14.9 Å². The zero-order valence-corrected chi connectivity index (χ0v) is 9.94. The molecule has 1 aliphatic carbocycles. The molecular formula is C11H20O4. The lowest BCUT2D eigenvalue weighted by molar-refractivity contribution is -0.144. The van der Waals surface area contributed by atoms with Gasteiger partial charge in [0.2, 0.25) is 0 Å². The smallest absolute Gasteiger partial charge is 0.309 e. The molecular weight excluding hydrogens is 196 g/mol. The number of carbonyl (C=O) groups is 1. The van der Waals surface area contributed by atoms with E-state index in [1.165, 1.54) is 7.11 Å². The van der Waals surface area contributed by atoms with Gasteiger partial charge in [-0.1, -0.05) is 13.8 Å². The Hall–Kier alpha value is -0.610. The highest BCUT2D eigenvalue weighted by Gasteiger charge is 2.67. The van der Waals surface area contributed by atoms with E-state index in [9.17, 15) is 15.0 Å². The number of ether oxygens (including phenoxy) is 1. The molecule has 2 N–H and O–H groups in total. The summed E-state index contributed by atoms with van der Waals surface area (Å²) >= 11 is 0. The van der Waals surface area contributed by atoms with Crippen LogP contribution in [0.5, 0.6) is 0 Å². The number of aliphatic hydroxyl groups is 2. The number of rotatable bonds is 3. The van der Waals surface area contributed by atoms with E-state index in [2.05, 4.69) is 4.74 Å². The van der Waals surface area contributed by atoms with Gasteiger partial charge in [-0.25, -0.2) is 0 Å². The molecule has 0 saturated heterocycles. The van der Waals surface area contributed by atoms with E-state index < -0.39 is 11.7 Å². The van der Waals surface area contributed by atoms with E-state index in [-0.39, 0.29) is 23.2 Å². The van der Waals surface area contributed by atoms with Crippen LogP contribution in [0.2, 0.25) is 0 Å². The van der Waals surface area contributed by atoms with E-state index >= 15 is 0 Å². The van der Waals surface area contributed by atoms with Crippen LogP contribution in [0, 0.1) is 17.3 Å². The van der Waals surface area contributed by atoms with Crippen molar-refractivity contribution >= 4 is 5.97 Å². The average Bonchev–Trinajstić information content (AvgIpc) is 2.64. The van der Waals surface area contributed by atoms with Crippen LogP contribution in [-0.2, 0) is 9.53 Å². The Balaban J connectivity index is 2.79. The fourth-order valence-corrected chi connectivity index (χ4v) is 2.28. The number of hydrogen-bond donors (Lipinski definition) is 2. The van der Waals surface area contributed by atoms with Crippen molar-refractivity contribution in [2.45, 2.75) is 39.4 Å². The minimum atomic E-state index is -1.19. The number of hydrogen-bond acceptors (Lipinski definition) is 4. The van der Waals surface area contributed by atoms with Gasteiger partial charge in [-0.3, -0.25) is 4.79 Å². The SMILES string of the molecule is COC(=O)[C@@H]1[C@H]([C@H](O)C(C)(C)O)C1(C)C. The van der Waals surface area contributed by atoms with Crippen LogP contribution in [-0.4, -0.2) is 35.0 Å². The average molecular weight is 216 g/mol. The van der Waals surface area contributed by atoms with Crippen molar-refractivity contribution in [3.63, 3.8) is 0 Å². The predicted molar refractivity (Wildman–Crippen MR) is 55.1 cm³/mol. The van der Waals surface area contributed by atoms with Gasteiger partial charge in [0, 0.05) is 5.92 Å². The molecule has 4 heteroatoms. The highest BCUT2D eigenvalue weighted by Crippen LogP contribution is 2.61. The zero-order valence-electron chi connectivity index (χ0n) is 9.94. The highest BCUT2D eigenvalue weighted by molar-refractivity contribution is 5.77. The van der Waals surface area contributed by atoms with E-state index in [0.29, 0.717) is 0 Å². The lowest BCUT2D eigenvalue weighted by Crippen LogP contribution is -2.39. The summed E-state index contributed by atoms with van der Waals surface area (Å²) in [6.07, 6.45) is -0.906. The van der Waals surface area contributed by atoms with E-state index in [4.69, 9.17) is 0 Å². The Morgan fingerprint density at radius 3 is 2.27 bits per heavy atom. The van der Waals surface area contributed by atoms with Crippen molar-refractivity contribution in [1.29, 1.82) is 0 Å². The summed E-state index contributed by atoms with van der Waals surface area (Å²) in [6.45, 7) is 6.88. The van der Waals surface area contributed by atoms with Crippen LogP contribution in [0.25, 0.3) is 0 Å². The van der Waals surface area contributed by atoms with Gasteiger partial charge in [0.05, 0.1) is 24.7 Å². The second kappa shape index (κ2) is 3.46. The number of methoxy groups -OCH3 is 1. The summed E-state index contributed by atoms with van der Waals surface area (Å²) < 4.78 is 4.67. The number of carbonyl (C=O) groups excluding carboxylic acids is 1. The predicted octanol–water partition coefficient (Wildman–Crippen LogP) is 0.563. The number of esters is 1.